The van der Waals surface area contributed by atoms with E-state index in [1.54, 1.807) is 11.8 Å². The highest BCUT2D eigenvalue weighted by molar-refractivity contribution is 7.99. The molecule has 1 N–H and O–H groups in total. The summed E-state index contributed by atoms with van der Waals surface area (Å²) in [6, 6.07) is 15.6. The van der Waals surface area contributed by atoms with Gasteiger partial charge < -0.3 is 14.8 Å². The van der Waals surface area contributed by atoms with Crippen LogP contribution in [0.4, 0.5) is 5.69 Å². The maximum absolute atomic E-state index is 12.1. The van der Waals surface area contributed by atoms with Gasteiger partial charge in [-0.05, 0) is 42.7 Å². The summed E-state index contributed by atoms with van der Waals surface area (Å²) in [5.41, 5.74) is 2.01. The van der Waals surface area contributed by atoms with Gasteiger partial charge >= 0.3 is 0 Å². The Bertz CT molecular complexity index is 686. The van der Waals surface area contributed by atoms with Crippen LogP contribution in [-0.2, 0) is 4.79 Å². The maximum Gasteiger partial charge on any atom is 0.234 e. The van der Waals surface area contributed by atoms with Crippen molar-refractivity contribution in [3.05, 3.63) is 54.1 Å². The Hall–Kier alpha value is -2.14. The number of ether oxygens (including phenoxy) is 2. The zero-order valence-electron chi connectivity index (χ0n) is 15.7. The molecule has 5 heteroatoms. The molecule has 0 spiro atoms. The highest BCUT2D eigenvalue weighted by Gasteiger charge is 2.07. The van der Waals surface area contributed by atoms with Crippen molar-refractivity contribution in [3.63, 3.8) is 0 Å². The van der Waals surface area contributed by atoms with Crippen LogP contribution in [0.5, 0.6) is 11.5 Å². The van der Waals surface area contributed by atoms with E-state index in [2.05, 4.69) is 31.3 Å². The number of nitrogens with one attached hydrogen (secondary N) is 1. The topological polar surface area (TPSA) is 47.6 Å². The van der Waals surface area contributed by atoms with Crippen molar-refractivity contribution in [2.75, 3.05) is 30.0 Å². The first-order valence-corrected chi connectivity index (χ1v) is 10.1. The van der Waals surface area contributed by atoms with Crippen LogP contribution in [0, 0.1) is 0 Å². The van der Waals surface area contributed by atoms with Gasteiger partial charge in [0.2, 0.25) is 5.91 Å². The number of rotatable bonds is 10. The highest BCUT2D eigenvalue weighted by atomic mass is 32.2. The van der Waals surface area contributed by atoms with Crippen molar-refractivity contribution >= 4 is 23.4 Å². The molecule has 0 heterocycles. The Kier molecular flexibility index (Phi) is 8.35. The van der Waals surface area contributed by atoms with E-state index in [1.165, 1.54) is 5.56 Å². The molecule has 0 aliphatic heterocycles. The molecule has 0 aliphatic carbocycles. The lowest BCUT2D eigenvalue weighted by Gasteiger charge is -2.11. The lowest BCUT2D eigenvalue weighted by atomic mass is 10.0. The van der Waals surface area contributed by atoms with Crippen LogP contribution in [0.25, 0.3) is 0 Å². The summed E-state index contributed by atoms with van der Waals surface area (Å²) < 4.78 is 11.2. The molecule has 0 unspecified atom stereocenters. The number of hydrogen-bond acceptors (Lipinski definition) is 4. The van der Waals surface area contributed by atoms with E-state index < -0.39 is 0 Å². The van der Waals surface area contributed by atoms with Gasteiger partial charge in [-0.2, -0.15) is 0 Å². The molecule has 0 bridgehead atoms. The third kappa shape index (κ3) is 6.64. The normalized spacial score (nSPS) is 10.6. The van der Waals surface area contributed by atoms with Crippen LogP contribution < -0.4 is 14.8 Å². The van der Waals surface area contributed by atoms with Crippen molar-refractivity contribution < 1.29 is 14.3 Å². The number of carbonyl (C=O) groups is 1. The lowest BCUT2D eigenvalue weighted by Crippen LogP contribution is -2.16. The van der Waals surface area contributed by atoms with E-state index in [1.807, 2.05) is 43.3 Å². The van der Waals surface area contributed by atoms with Crippen LogP contribution in [0.1, 0.15) is 32.3 Å². The first-order chi connectivity index (χ1) is 12.6. The van der Waals surface area contributed by atoms with Crippen LogP contribution in [0.2, 0.25) is 0 Å². The minimum atomic E-state index is -0.0385. The second kappa shape index (κ2) is 10.8. The number of benzene rings is 2. The maximum atomic E-state index is 12.1. The molecule has 2 aromatic carbocycles. The summed E-state index contributed by atoms with van der Waals surface area (Å²) in [6.45, 7) is 7.41. The highest BCUT2D eigenvalue weighted by Crippen LogP contribution is 2.24. The number of amides is 1. The van der Waals surface area contributed by atoms with Gasteiger partial charge in [0.25, 0.3) is 0 Å². The quantitative estimate of drug-likeness (QED) is 0.598. The van der Waals surface area contributed by atoms with Crippen molar-refractivity contribution in [1.82, 2.24) is 0 Å². The van der Waals surface area contributed by atoms with E-state index in [4.69, 9.17) is 9.47 Å². The largest absolute Gasteiger partial charge is 0.493 e. The average molecular weight is 374 g/mol. The van der Waals surface area contributed by atoms with Gasteiger partial charge in [-0.15, -0.1) is 11.8 Å². The predicted molar refractivity (Wildman–Crippen MR) is 110 cm³/mol. The molecule has 0 saturated carbocycles. The fourth-order valence-electron chi connectivity index (χ4n) is 2.37. The van der Waals surface area contributed by atoms with Crippen molar-refractivity contribution in [3.8, 4) is 11.5 Å². The summed E-state index contributed by atoms with van der Waals surface area (Å²) in [7, 11) is 0. The molecule has 26 heavy (non-hydrogen) atoms. The predicted octanol–water partition coefficient (Wildman–Crippen LogP) is 4.96. The molecular weight excluding hydrogens is 346 g/mol. The van der Waals surface area contributed by atoms with Gasteiger partial charge in [-0.3, -0.25) is 4.79 Å². The molecule has 2 rings (SSSR count). The molecule has 0 atom stereocenters. The van der Waals surface area contributed by atoms with Crippen LogP contribution in [0.15, 0.2) is 48.5 Å². The molecule has 0 aromatic heterocycles. The summed E-state index contributed by atoms with van der Waals surface area (Å²) in [4.78, 5) is 12.1. The number of thioether (sulfide) groups is 1. The third-order valence-corrected chi connectivity index (χ3v) is 4.66. The number of hydrogen-bond donors (Lipinski definition) is 1. The monoisotopic (exact) mass is 373 g/mol. The Labute approximate surface area is 160 Å². The van der Waals surface area contributed by atoms with Gasteiger partial charge in [0.05, 0.1) is 24.7 Å². The number of para-hydroxylation sites is 2. The first-order valence-electron chi connectivity index (χ1n) is 8.92. The van der Waals surface area contributed by atoms with E-state index in [-0.39, 0.29) is 5.91 Å². The Morgan fingerprint density at radius 1 is 1.08 bits per heavy atom. The zero-order chi connectivity index (χ0) is 18.8. The fourth-order valence-corrected chi connectivity index (χ4v) is 2.97. The molecule has 0 radical (unpaired) electrons. The van der Waals surface area contributed by atoms with Gasteiger partial charge in [0, 0.05) is 5.75 Å². The smallest absolute Gasteiger partial charge is 0.234 e. The van der Waals surface area contributed by atoms with Gasteiger partial charge in [-0.25, -0.2) is 0 Å². The minimum Gasteiger partial charge on any atom is -0.493 e. The molecule has 140 valence electrons. The zero-order valence-corrected chi connectivity index (χ0v) is 16.5. The Morgan fingerprint density at radius 3 is 2.50 bits per heavy atom. The van der Waals surface area contributed by atoms with E-state index in [9.17, 15) is 4.79 Å². The summed E-state index contributed by atoms with van der Waals surface area (Å²) in [5.74, 6) is 3.18. The number of carbonyl (C=O) groups excluding carboxylic acids is 1. The Balaban J connectivity index is 1.67. The molecule has 0 aliphatic rings. The van der Waals surface area contributed by atoms with Gasteiger partial charge in [-0.1, -0.05) is 38.1 Å². The standard InChI is InChI=1S/C21H27NO3S/c1-4-24-20-8-6-5-7-19(20)22-21(23)15-26-14-13-25-18-11-9-17(10-12-18)16(2)3/h5-12,16H,4,13-15H2,1-3H3,(H,22,23). The molecule has 2 aromatic rings. The van der Waals surface area contributed by atoms with E-state index in [0.717, 1.165) is 11.5 Å². The number of anilines is 1. The molecule has 0 fully saturated rings. The Morgan fingerprint density at radius 2 is 1.81 bits per heavy atom. The van der Waals surface area contributed by atoms with Gasteiger partial charge in [0.1, 0.15) is 11.5 Å². The SMILES string of the molecule is CCOc1ccccc1NC(=O)CSCCOc1ccc(C(C)C)cc1. The summed E-state index contributed by atoms with van der Waals surface area (Å²) >= 11 is 1.55. The molecule has 1 amide bonds. The van der Waals surface area contributed by atoms with Crippen molar-refractivity contribution in [2.24, 2.45) is 0 Å². The fraction of sp³-hybridized carbons (Fsp3) is 0.381. The van der Waals surface area contributed by atoms with Crippen LogP contribution >= 0.6 is 11.8 Å². The molecular formula is C21H27NO3S. The van der Waals surface area contributed by atoms with E-state index >= 15 is 0 Å². The van der Waals surface area contributed by atoms with Gasteiger partial charge in [0.15, 0.2) is 0 Å². The second-order valence-corrected chi connectivity index (χ2v) is 7.21. The van der Waals surface area contributed by atoms with Crippen LogP contribution in [0.3, 0.4) is 0 Å². The second-order valence-electron chi connectivity index (χ2n) is 6.10. The van der Waals surface area contributed by atoms with E-state index in [0.29, 0.717) is 36.3 Å². The third-order valence-electron chi connectivity index (χ3n) is 3.74. The molecule has 4 nitrogen and oxygen atoms in total. The molecule has 0 saturated heterocycles. The average Bonchev–Trinajstić information content (AvgIpc) is 2.63. The first kappa shape index (κ1) is 20.2. The van der Waals surface area contributed by atoms with Crippen molar-refractivity contribution in [2.45, 2.75) is 26.7 Å². The lowest BCUT2D eigenvalue weighted by molar-refractivity contribution is -0.113. The van der Waals surface area contributed by atoms with Crippen LogP contribution in [-0.4, -0.2) is 30.6 Å². The summed E-state index contributed by atoms with van der Waals surface area (Å²) in [5, 5.41) is 2.90. The summed E-state index contributed by atoms with van der Waals surface area (Å²) in [6.07, 6.45) is 0. The van der Waals surface area contributed by atoms with Crippen molar-refractivity contribution in [1.29, 1.82) is 0 Å². The minimum absolute atomic E-state index is 0.0385.